The zero-order chi connectivity index (χ0) is 21.6. The fourth-order valence-corrected chi connectivity index (χ4v) is 4.38. The fourth-order valence-electron chi connectivity index (χ4n) is 4.10. The number of benzene rings is 2. The van der Waals surface area contributed by atoms with Crippen LogP contribution in [0, 0.1) is 5.92 Å². The number of hydrogen-bond donors (Lipinski definition) is 0. The van der Waals surface area contributed by atoms with Crippen molar-refractivity contribution in [2.45, 2.75) is 77.9 Å². The number of halogens is 1. The summed E-state index contributed by atoms with van der Waals surface area (Å²) in [6.07, 6.45) is 7.97. The van der Waals surface area contributed by atoms with E-state index in [9.17, 15) is 4.79 Å². The molecule has 2 aromatic rings. The summed E-state index contributed by atoms with van der Waals surface area (Å²) in [5.41, 5.74) is 2.66. The van der Waals surface area contributed by atoms with Gasteiger partial charge < -0.3 is 9.47 Å². The molecule has 0 amide bonds. The van der Waals surface area contributed by atoms with Gasteiger partial charge in [0, 0.05) is 10.6 Å². The van der Waals surface area contributed by atoms with Crippen molar-refractivity contribution in [2.75, 3.05) is 0 Å². The van der Waals surface area contributed by atoms with Crippen molar-refractivity contribution in [3.63, 3.8) is 0 Å². The molecule has 0 heterocycles. The number of ether oxygens (including phenoxy) is 2. The lowest BCUT2D eigenvalue weighted by Crippen LogP contribution is -2.25. The lowest BCUT2D eigenvalue weighted by molar-refractivity contribution is -0.153. The molecule has 162 valence electrons. The van der Waals surface area contributed by atoms with Crippen LogP contribution in [0.25, 0.3) is 0 Å². The molecule has 30 heavy (non-hydrogen) atoms. The van der Waals surface area contributed by atoms with Gasteiger partial charge in [0.2, 0.25) is 0 Å². The maximum absolute atomic E-state index is 12.2. The Kier molecular flexibility index (Phi) is 7.82. The quantitative estimate of drug-likeness (QED) is 0.428. The normalized spacial score (nSPS) is 14.7. The minimum Gasteiger partial charge on any atom is -0.489 e. The highest BCUT2D eigenvalue weighted by molar-refractivity contribution is 6.30. The summed E-state index contributed by atoms with van der Waals surface area (Å²) in [6, 6.07) is 13.8. The third-order valence-electron chi connectivity index (χ3n) is 5.46. The molecule has 1 saturated carbocycles. The predicted octanol–water partition coefficient (Wildman–Crippen LogP) is 6.93. The number of carbonyl (C=O) groups excluding carboxylic acids is 1. The monoisotopic (exact) mass is 428 g/mol. The molecule has 0 saturated heterocycles. The molecular weight excluding hydrogens is 396 g/mol. The van der Waals surface area contributed by atoms with Gasteiger partial charge in [0.1, 0.15) is 18.0 Å². The Labute approximate surface area is 185 Å². The first-order valence-corrected chi connectivity index (χ1v) is 11.4. The maximum Gasteiger partial charge on any atom is 0.310 e. The van der Waals surface area contributed by atoms with Gasteiger partial charge in [-0.2, -0.15) is 0 Å². The van der Waals surface area contributed by atoms with Crippen LogP contribution in [-0.4, -0.2) is 11.6 Å². The van der Waals surface area contributed by atoms with Crippen LogP contribution in [0.5, 0.6) is 5.75 Å². The second-order valence-electron chi connectivity index (χ2n) is 9.32. The summed E-state index contributed by atoms with van der Waals surface area (Å²) >= 11 is 6.37. The third-order valence-corrected chi connectivity index (χ3v) is 5.67. The minimum atomic E-state index is -0.497. The molecule has 3 nitrogen and oxygen atoms in total. The van der Waals surface area contributed by atoms with Gasteiger partial charge in [0.15, 0.2) is 0 Å². The van der Waals surface area contributed by atoms with Crippen LogP contribution in [0.15, 0.2) is 42.5 Å². The van der Waals surface area contributed by atoms with E-state index in [1.807, 2.05) is 51.1 Å². The summed E-state index contributed by atoms with van der Waals surface area (Å²) in [5.74, 6) is 1.31. The van der Waals surface area contributed by atoms with Gasteiger partial charge in [0.25, 0.3) is 0 Å². The van der Waals surface area contributed by atoms with Gasteiger partial charge in [-0.1, -0.05) is 61.5 Å². The highest BCUT2D eigenvalue weighted by Gasteiger charge is 2.18. The van der Waals surface area contributed by atoms with E-state index >= 15 is 0 Å². The van der Waals surface area contributed by atoms with Crippen LogP contribution in [-0.2, 0) is 29.0 Å². The molecule has 0 unspecified atom stereocenters. The van der Waals surface area contributed by atoms with E-state index in [2.05, 4.69) is 12.1 Å². The molecule has 1 aliphatic carbocycles. The Bertz CT molecular complexity index is 848. The molecule has 3 rings (SSSR count). The predicted molar refractivity (Wildman–Crippen MR) is 122 cm³/mol. The second-order valence-corrected chi connectivity index (χ2v) is 9.75. The SMILES string of the molecule is CC(C)(C)OC(=O)Cc1ccccc1OCc1cc(Cl)cc(CCC2CCCC2)c1. The Balaban J connectivity index is 1.61. The van der Waals surface area contributed by atoms with Crippen molar-refractivity contribution >= 4 is 17.6 Å². The molecule has 0 N–H and O–H groups in total. The second kappa shape index (κ2) is 10.3. The van der Waals surface area contributed by atoms with Crippen LogP contribution in [0.4, 0.5) is 0 Å². The van der Waals surface area contributed by atoms with Crippen LogP contribution in [0.2, 0.25) is 5.02 Å². The van der Waals surface area contributed by atoms with Gasteiger partial charge >= 0.3 is 5.97 Å². The highest BCUT2D eigenvalue weighted by Crippen LogP contribution is 2.29. The van der Waals surface area contributed by atoms with Crippen LogP contribution < -0.4 is 4.74 Å². The van der Waals surface area contributed by atoms with Crippen molar-refractivity contribution in [3.05, 3.63) is 64.2 Å². The Hall–Kier alpha value is -2.00. The third kappa shape index (κ3) is 7.36. The molecule has 0 aromatic heterocycles. The standard InChI is InChI=1S/C26H33ClO3/c1-26(2,3)30-25(28)17-22-10-6-7-11-24(22)29-18-21-14-20(15-23(27)16-21)13-12-19-8-4-5-9-19/h6-7,10-11,14-16,19H,4-5,8-9,12-13,17-18H2,1-3H3. The lowest BCUT2D eigenvalue weighted by Gasteiger charge is -2.20. The first-order valence-electron chi connectivity index (χ1n) is 11.0. The van der Waals surface area contributed by atoms with Crippen molar-refractivity contribution in [1.82, 2.24) is 0 Å². The largest absolute Gasteiger partial charge is 0.489 e. The van der Waals surface area contributed by atoms with E-state index in [4.69, 9.17) is 21.1 Å². The van der Waals surface area contributed by atoms with Gasteiger partial charge in [-0.15, -0.1) is 0 Å². The van der Waals surface area contributed by atoms with Crippen molar-refractivity contribution in [1.29, 1.82) is 0 Å². The molecule has 0 aliphatic heterocycles. The average Bonchev–Trinajstić information content (AvgIpc) is 3.17. The molecule has 0 bridgehead atoms. The molecule has 2 aromatic carbocycles. The summed E-state index contributed by atoms with van der Waals surface area (Å²) < 4.78 is 11.5. The number of hydrogen-bond acceptors (Lipinski definition) is 3. The van der Waals surface area contributed by atoms with Crippen molar-refractivity contribution < 1.29 is 14.3 Å². The molecule has 1 fully saturated rings. The number of aryl methyl sites for hydroxylation is 1. The molecule has 0 atom stereocenters. The smallest absolute Gasteiger partial charge is 0.310 e. The summed E-state index contributed by atoms with van der Waals surface area (Å²) in [6.45, 7) is 6.03. The Morgan fingerprint density at radius 3 is 2.50 bits per heavy atom. The zero-order valence-corrected chi connectivity index (χ0v) is 19.1. The lowest BCUT2D eigenvalue weighted by atomic mass is 9.97. The summed E-state index contributed by atoms with van der Waals surface area (Å²) in [7, 11) is 0. The number of esters is 1. The van der Waals surface area contributed by atoms with E-state index in [1.54, 1.807) is 0 Å². The minimum absolute atomic E-state index is 0.190. The average molecular weight is 429 g/mol. The Morgan fingerprint density at radius 1 is 1.07 bits per heavy atom. The first kappa shape index (κ1) is 22.7. The molecule has 4 heteroatoms. The van der Waals surface area contributed by atoms with Gasteiger partial charge in [-0.25, -0.2) is 0 Å². The van der Waals surface area contributed by atoms with Gasteiger partial charge in [-0.05, 0) is 68.9 Å². The van der Waals surface area contributed by atoms with Gasteiger partial charge in [-0.3, -0.25) is 4.79 Å². The number of carbonyl (C=O) groups is 1. The van der Waals surface area contributed by atoms with E-state index < -0.39 is 5.60 Å². The number of rotatable bonds is 8. The van der Waals surface area contributed by atoms with Gasteiger partial charge in [0.05, 0.1) is 6.42 Å². The van der Waals surface area contributed by atoms with Crippen LogP contribution in [0.3, 0.4) is 0 Å². The van der Waals surface area contributed by atoms with Crippen molar-refractivity contribution in [2.24, 2.45) is 5.92 Å². The molecule has 1 aliphatic rings. The molecule has 0 radical (unpaired) electrons. The first-order chi connectivity index (χ1) is 14.3. The van der Waals surface area contributed by atoms with E-state index in [0.717, 1.165) is 28.5 Å². The topological polar surface area (TPSA) is 35.5 Å². The highest BCUT2D eigenvalue weighted by atomic mass is 35.5. The van der Waals surface area contributed by atoms with Crippen LogP contribution in [0.1, 0.15) is 69.6 Å². The summed E-state index contributed by atoms with van der Waals surface area (Å²) in [4.78, 5) is 12.2. The Morgan fingerprint density at radius 2 is 1.77 bits per heavy atom. The van der Waals surface area contributed by atoms with Crippen LogP contribution >= 0.6 is 11.6 Å². The van der Waals surface area contributed by atoms with E-state index in [0.29, 0.717) is 12.4 Å². The zero-order valence-electron chi connectivity index (χ0n) is 18.4. The molecule has 0 spiro atoms. The fraction of sp³-hybridized carbons (Fsp3) is 0.500. The van der Waals surface area contributed by atoms with E-state index in [1.165, 1.54) is 37.7 Å². The molecular formula is C26H33ClO3. The number of para-hydroxylation sites is 1. The van der Waals surface area contributed by atoms with Crippen molar-refractivity contribution in [3.8, 4) is 5.75 Å². The maximum atomic E-state index is 12.2. The van der Waals surface area contributed by atoms with E-state index in [-0.39, 0.29) is 12.4 Å². The summed E-state index contributed by atoms with van der Waals surface area (Å²) in [5, 5.41) is 0.750.